The van der Waals surface area contributed by atoms with Crippen LogP contribution in [0.3, 0.4) is 0 Å². The molecule has 1 aliphatic rings. The molecule has 0 unspecified atom stereocenters. The van der Waals surface area contributed by atoms with Crippen LogP contribution in [-0.4, -0.2) is 56.2 Å². The first-order chi connectivity index (χ1) is 8.54. The van der Waals surface area contributed by atoms with Crippen LogP contribution >= 0.6 is 38.9 Å². The van der Waals surface area contributed by atoms with Gasteiger partial charge in [0.1, 0.15) is 4.21 Å². The van der Waals surface area contributed by atoms with Crippen molar-refractivity contribution in [3.05, 3.63) is 15.9 Å². The van der Waals surface area contributed by atoms with Crippen molar-refractivity contribution in [3.8, 4) is 0 Å². The maximum absolute atomic E-state index is 12.3. The molecule has 1 aromatic rings. The summed E-state index contributed by atoms with van der Waals surface area (Å²) in [5.41, 5.74) is 0. The number of hydrogen-bond acceptors (Lipinski definition) is 4. The molecule has 8 heteroatoms. The van der Waals surface area contributed by atoms with E-state index < -0.39 is 10.0 Å². The highest BCUT2D eigenvalue weighted by molar-refractivity contribution is 9.11. The van der Waals surface area contributed by atoms with Gasteiger partial charge in [-0.05, 0) is 28.1 Å². The lowest BCUT2D eigenvalue weighted by Crippen LogP contribution is -2.48. The number of halogens is 2. The topological polar surface area (TPSA) is 40.6 Å². The Labute approximate surface area is 125 Å². The Bertz CT molecular complexity index is 498. The van der Waals surface area contributed by atoms with Gasteiger partial charge in [0, 0.05) is 38.6 Å². The van der Waals surface area contributed by atoms with Crippen LogP contribution in [-0.2, 0) is 10.0 Å². The smallest absolute Gasteiger partial charge is 0.252 e. The second kappa shape index (κ2) is 6.19. The van der Waals surface area contributed by atoms with E-state index in [4.69, 9.17) is 11.6 Å². The lowest BCUT2D eigenvalue weighted by molar-refractivity contribution is 0.197. The molecule has 0 radical (unpaired) electrons. The van der Waals surface area contributed by atoms with E-state index in [0.717, 1.165) is 23.4 Å². The first kappa shape index (κ1) is 14.7. The van der Waals surface area contributed by atoms with Crippen LogP contribution in [0, 0.1) is 0 Å². The SMILES string of the molecule is O=S(=O)(c1ccc(Br)s1)N1CCN(CCCl)CC1. The summed E-state index contributed by atoms with van der Waals surface area (Å²) in [5.74, 6) is 0.588. The van der Waals surface area contributed by atoms with Gasteiger partial charge in [-0.1, -0.05) is 0 Å². The van der Waals surface area contributed by atoms with E-state index >= 15 is 0 Å². The van der Waals surface area contributed by atoms with Gasteiger partial charge in [0.25, 0.3) is 10.0 Å². The summed E-state index contributed by atoms with van der Waals surface area (Å²) in [7, 11) is -3.32. The summed E-state index contributed by atoms with van der Waals surface area (Å²) in [5, 5.41) is 0. The normalized spacial score (nSPS) is 19.2. The number of piperazine rings is 1. The molecule has 2 heterocycles. The lowest BCUT2D eigenvalue weighted by atomic mass is 10.4. The third kappa shape index (κ3) is 3.26. The van der Waals surface area contributed by atoms with Crippen LogP contribution in [0.25, 0.3) is 0 Å². The van der Waals surface area contributed by atoms with Gasteiger partial charge in [0.15, 0.2) is 0 Å². The number of nitrogens with zero attached hydrogens (tertiary/aromatic N) is 2. The Morgan fingerprint density at radius 2 is 1.94 bits per heavy atom. The first-order valence-corrected chi connectivity index (χ1v) is 9.16. The third-order valence-corrected chi connectivity index (χ3v) is 7.03. The maximum atomic E-state index is 12.3. The van der Waals surface area contributed by atoms with Gasteiger partial charge in [0.05, 0.1) is 3.79 Å². The van der Waals surface area contributed by atoms with Crippen LogP contribution in [0.4, 0.5) is 0 Å². The molecule has 0 atom stereocenters. The van der Waals surface area contributed by atoms with E-state index in [1.54, 1.807) is 16.4 Å². The molecule has 0 bridgehead atoms. The van der Waals surface area contributed by atoms with Crippen molar-refractivity contribution in [2.24, 2.45) is 0 Å². The average Bonchev–Trinajstić information content (AvgIpc) is 2.78. The summed E-state index contributed by atoms with van der Waals surface area (Å²) >= 11 is 10.2. The van der Waals surface area contributed by atoms with Gasteiger partial charge in [-0.2, -0.15) is 4.31 Å². The number of sulfonamides is 1. The Kier molecular flexibility index (Phi) is 5.07. The molecular formula is C10H14BrClN2O2S2. The fourth-order valence-electron chi connectivity index (χ4n) is 1.88. The number of hydrogen-bond donors (Lipinski definition) is 0. The molecule has 0 saturated carbocycles. The largest absolute Gasteiger partial charge is 0.300 e. The molecule has 0 amide bonds. The van der Waals surface area contributed by atoms with Crippen molar-refractivity contribution >= 4 is 48.9 Å². The van der Waals surface area contributed by atoms with E-state index in [1.165, 1.54) is 11.3 Å². The number of thiophene rings is 1. The van der Waals surface area contributed by atoms with Crippen LogP contribution in [0.2, 0.25) is 0 Å². The zero-order valence-electron chi connectivity index (χ0n) is 9.68. The second-order valence-corrected chi connectivity index (χ2v) is 9.00. The highest BCUT2D eigenvalue weighted by Gasteiger charge is 2.29. The van der Waals surface area contributed by atoms with Crippen molar-refractivity contribution < 1.29 is 8.42 Å². The summed E-state index contributed by atoms with van der Waals surface area (Å²) in [6.45, 7) is 3.39. The second-order valence-electron chi connectivity index (χ2n) is 3.99. The Hall–Kier alpha value is 0.340. The molecule has 1 saturated heterocycles. The van der Waals surface area contributed by atoms with Crippen molar-refractivity contribution in [1.82, 2.24) is 9.21 Å². The zero-order chi connectivity index (χ0) is 13.2. The van der Waals surface area contributed by atoms with Crippen LogP contribution in [0.5, 0.6) is 0 Å². The molecule has 18 heavy (non-hydrogen) atoms. The van der Waals surface area contributed by atoms with Gasteiger partial charge in [0.2, 0.25) is 0 Å². The van der Waals surface area contributed by atoms with Crippen LogP contribution in [0.1, 0.15) is 0 Å². The highest BCUT2D eigenvalue weighted by atomic mass is 79.9. The lowest BCUT2D eigenvalue weighted by Gasteiger charge is -2.33. The minimum atomic E-state index is -3.32. The molecule has 0 aromatic carbocycles. The first-order valence-electron chi connectivity index (χ1n) is 5.58. The molecule has 0 N–H and O–H groups in total. The van der Waals surface area contributed by atoms with E-state index in [9.17, 15) is 8.42 Å². The minimum Gasteiger partial charge on any atom is -0.300 e. The van der Waals surface area contributed by atoms with Crippen molar-refractivity contribution in [2.75, 3.05) is 38.6 Å². The number of alkyl halides is 1. The Morgan fingerprint density at radius 1 is 1.28 bits per heavy atom. The monoisotopic (exact) mass is 372 g/mol. The molecule has 1 fully saturated rings. The fourth-order valence-corrected chi connectivity index (χ4v) is 5.70. The molecular weight excluding hydrogens is 360 g/mol. The van der Waals surface area contributed by atoms with Gasteiger partial charge in [-0.25, -0.2) is 8.42 Å². The molecule has 102 valence electrons. The predicted octanol–water partition coefficient (Wildman–Crippen LogP) is 2.06. The summed E-state index contributed by atoms with van der Waals surface area (Å²) < 4.78 is 27.5. The van der Waals surface area contributed by atoms with Gasteiger partial charge in [-0.3, -0.25) is 4.90 Å². The minimum absolute atomic E-state index is 0.403. The average molecular weight is 374 g/mol. The molecule has 0 spiro atoms. The molecule has 2 rings (SSSR count). The van der Waals surface area contributed by atoms with E-state index in [1.807, 2.05) is 0 Å². The molecule has 1 aromatic heterocycles. The van der Waals surface area contributed by atoms with Gasteiger partial charge >= 0.3 is 0 Å². The van der Waals surface area contributed by atoms with Crippen molar-refractivity contribution in [3.63, 3.8) is 0 Å². The van der Waals surface area contributed by atoms with Crippen molar-refractivity contribution in [2.45, 2.75) is 4.21 Å². The molecule has 0 aliphatic carbocycles. The zero-order valence-corrected chi connectivity index (χ0v) is 13.7. The van der Waals surface area contributed by atoms with E-state index in [2.05, 4.69) is 20.8 Å². The summed E-state index contributed by atoms with van der Waals surface area (Å²) in [6, 6.07) is 3.41. The van der Waals surface area contributed by atoms with Gasteiger partial charge < -0.3 is 0 Å². The molecule has 1 aliphatic heterocycles. The Balaban J connectivity index is 2.05. The molecule has 4 nitrogen and oxygen atoms in total. The number of rotatable bonds is 4. The predicted molar refractivity (Wildman–Crippen MR) is 77.9 cm³/mol. The highest BCUT2D eigenvalue weighted by Crippen LogP contribution is 2.28. The van der Waals surface area contributed by atoms with E-state index in [-0.39, 0.29) is 0 Å². The third-order valence-electron chi connectivity index (χ3n) is 2.87. The Morgan fingerprint density at radius 3 is 2.44 bits per heavy atom. The maximum Gasteiger partial charge on any atom is 0.252 e. The van der Waals surface area contributed by atoms with Crippen LogP contribution in [0.15, 0.2) is 20.1 Å². The van der Waals surface area contributed by atoms with Gasteiger partial charge in [-0.15, -0.1) is 22.9 Å². The quantitative estimate of drug-likeness (QED) is 0.759. The van der Waals surface area contributed by atoms with Crippen molar-refractivity contribution in [1.29, 1.82) is 0 Å². The standard InChI is InChI=1S/C10H14BrClN2O2S2/c11-9-1-2-10(17-9)18(15,16)14-7-5-13(4-3-12)6-8-14/h1-2H,3-8H2. The summed E-state index contributed by atoms with van der Waals surface area (Å²) in [6.07, 6.45) is 0. The fraction of sp³-hybridized carbons (Fsp3) is 0.600. The summed E-state index contributed by atoms with van der Waals surface area (Å²) in [4.78, 5) is 2.18. The van der Waals surface area contributed by atoms with E-state index in [0.29, 0.717) is 23.2 Å². The van der Waals surface area contributed by atoms with Crippen LogP contribution < -0.4 is 0 Å².